The average Bonchev–Trinajstić information content (AvgIpc) is 1.53. The number of aliphatic hydroxyl groups is 1. The van der Waals surface area contributed by atoms with E-state index in [1.54, 1.807) is 0 Å². The maximum Gasteiger partial charge on any atom is 0.108 e. The first-order chi connectivity index (χ1) is 4.81. The van der Waals surface area contributed by atoms with Gasteiger partial charge in [-0.15, -0.1) is 0 Å². The van der Waals surface area contributed by atoms with E-state index in [-0.39, 0.29) is 11.5 Å². The lowest BCUT2D eigenvalue weighted by Gasteiger charge is -2.26. The van der Waals surface area contributed by atoms with Crippen molar-refractivity contribution >= 4 is 17.7 Å². The smallest absolute Gasteiger partial charge is 0.108 e. The van der Waals surface area contributed by atoms with Gasteiger partial charge < -0.3 is 27.0 Å². The summed E-state index contributed by atoms with van der Waals surface area (Å²) in [5, 5.41) is 8.88. The summed E-state index contributed by atoms with van der Waals surface area (Å²) in [7, 11) is 5.87. The quantitative estimate of drug-likeness (QED) is 0.465. The van der Waals surface area contributed by atoms with E-state index in [2.05, 4.69) is 12.6 Å². The second-order valence-corrected chi connectivity index (χ2v) is 4.16. The molecule has 0 rings (SSSR count). The normalized spacial score (nSPS) is 14.5. The topological polar surface area (TPSA) is 37.3 Å². The fraction of sp³-hybridized carbons (Fsp3) is 0.857. The van der Waals surface area contributed by atoms with E-state index in [1.165, 1.54) is 0 Å². The molecule has 0 fully saturated rings. The number of carbonyl (C=O) groups excluding carboxylic acids is 1. The van der Waals surface area contributed by atoms with Crippen molar-refractivity contribution in [2.75, 3.05) is 27.7 Å². The molecule has 11 heavy (non-hydrogen) atoms. The van der Waals surface area contributed by atoms with Crippen molar-refractivity contribution in [1.82, 2.24) is 0 Å². The first-order valence-corrected chi connectivity index (χ1v) is 3.90. The monoisotopic (exact) mass is 177 g/mol. The molecular weight excluding hydrogens is 162 g/mol. The van der Waals surface area contributed by atoms with Crippen LogP contribution in [-0.2, 0) is 17.4 Å². The zero-order valence-electron chi connectivity index (χ0n) is 7.20. The molecule has 0 aromatic carbocycles. The van der Waals surface area contributed by atoms with Crippen LogP contribution in [0.2, 0.25) is 0 Å². The molecular formula is C7H15NO2S. The number of aliphatic hydroxyl groups excluding tert-OH is 1. The van der Waals surface area contributed by atoms with Gasteiger partial charge >= 0.3 is 0 Å². The molecule has 4 heteroatoms. The van der Waals surface area contributed by atoms with E-state index in [0.29, 0.717) is 11.0 Å². The van der Waals surface area contributed by atoms with Gasteiger partial charge in [0.1, 0.15) is 12.6 Å². The van der Waals surface area contributed by atoms with Crippen LogP contribution < -0.4 is 0 Å². The van der Waals surface area contributed by atoms with E-state index in [0.717, 1.165) is 0 Å². The van der Waals surface area contributed by atoms with Gasteiger partial charge in [0.05, 0.1) is 21.1 Å². The van der Waals surface area contributed by atoms with Gasteiger partial charge in [0, 0.05) is 11.5 Å². The number of hydrogen-bond donors (Lipinski definition) is 1. The molecule has 0 bridgehead atoms. The van der Waals surface area contributed by atoms with E-state index >= 15 is 0 Å². The summed E-state index contributed by atoms with van der Waals surface area (Å²) < 4.78 is 0.643. The maximum absolute atomic E-state index is 10.4. The van der Waals surface area contributed by atoms with Crippen LogP contribution in [0.1, 0.15) is 6.42 Å². The maximum atomic E-state index is 10.4. The zero-order chi connectivity index (χ0) is 9.07. The Morgan fingerprint density at radius 1 is 1.55 bits per heavy atom. The second-order valence-electron chi connectivity index (χ2n) is 3.70. The standard InChI is InChI=1S/C7H15NO2S/c1-8(2,3)5-6(9)4-7(10)11/h6,9H,4-5H2,1-3H3/t6-/m1/s1. The van der Waals surface area contributed by atoms with E-state index in [9.17, 15) is 9.90 Å². The average molecular weight is 177 g/mol. The minimum absolute atomic E-state index is 0.0881. The molecule has 1 atom stereocenters. The Hall–Kier alpha value is -0.190. The highest BCUT2D eigenvalue weighted by atomic mass is 32.1. The van der Waals surface area contributed by atoms with Crippen molar-refractivity contribution in [3.63, 3.8) is 0 Å². The summed E-state index contributed by atoms with van der Waals surface area (Å²) >= 11 is 4.34. The lowest BCUT2D eigenvalue weighted by molar-refractivity contribution is -0.873. The Morgan fingerprint density at radius 3 is 2.27 bits per heavy atom. The van der Waals surface area contributed by atoms with Crippen molar-refractivity contribution < 1.29 is 14.4 Å². The largest absolute Gasteiger partial charge is 0.742 e. The fourth-order valence-electron chi connectivity index (χ4n) is 0.889. The number of likely N-dealkylation sites (N-methyl/N-ethyl adjacent to an activating group) is 1. The Bertz CT molecular complexity index is 142. The Balaban J connectivity index is 3.69. The summed E-state index contributed by atoms with van der Waals surface area (Å²) in [5.74, 6) is 0. The third-order valence-electron chi connectivity index (χ3n) is 1.16. The van der Waals surface area contributed by atoms with Crippen LogP contribution in [-0.4, -0.2) is 48.5 Å². The molecule has 1 N–H and O–H groups in total. The van der Waals surface area contributed by atoms with Gasteiger partial charge in [0.15, 0.2) is 0 Å². The number of nitrogens with zero attached hydrogens (tertiary/aromatic N) is 1. The lowest BCUT2D eigenvalue weighted by Crippen LogP contribution is -2.41. The zero-order valence-corrected chi connectivity index (χ0v) is 8.02. The third-order valence-corrected chi connectivity index (χ3v) is 1.33. The summed E-state index contributed by atoms with van der Waals surface area (Å²) in [6.45, 7) is 0.558. The van der Waals surface area contributed by atoms with Crippen LogP contribution in [0.15, 0.2) is 0 Å². The Morgan fingerprint density at radius 2 is 2.00 bits per heavy atom. The van der Waals surface area contributed by atoms with Gasteiger partial charge in [0.2, 0.25) is 0 Å². The van der Waals surface area contributed by atoms with Crippen LogP contribution in [0.3, 0.4) is 0 Å². The molecule has 0 spiro atoms. The van der Waals surface area contributed by atoms with Crippen LogP contribution in [0, 0.1) is 0 Å². The van der Waals surface area contributed by atoms with Crippen LogP contribution in [0.5, 0.6) is 0 Å². The predicted molar refractivity (Wildman–Crippen MR) is 45.9 cm³/mol. The Labute approximate surface area is 73.0 Å². The van der Waals surface area contributed by atoms with Crippen molar-refractivity contribution in [3.05, 3.63) is 0 Å². The fourth-order valence-corrected chi connectivity index (χ4v) is 1.08. The molecule has 0 amide bonds. The van der Waals surface area contributed by atoms with Gasteiger partial charge in [-0.2, -0.15) is 0 Å². The molecule has 0 aromatic rings. The van der Waals surface area contributed by atoms with Gasteiger partial charge in [-0.1, -0.05) is 0 Å². The second kappa shape index (κ2) is 3.99. The number of carbonyl (C=O) groups is 1. The van der Waals surface area contributed by atoms with Gasteiger partial charge in [0.25, 0.3) is 0 Å². The van der Waals surface area contributed by atoms with E-state index < -0.39 is 6.10 Å². The minimum atomic E-state index is -0.597. The molecule has 0 aliphatic rings. The van der Waals surface area contributed by atoms with Crippen molar-refractivity contribution in [1.29, 1.82) is 0 Å². The van der Waals surface area contributed by atoms with Crippen LogP contribution >= 0.6 is 0 Å². The van der Waals surface area contributed by atoms with Gasteiger partial charge in [-0.25, -0.2) is 0 Å². The molecule has 0 aromatic heterocycles. The summed E-state index contributed by atoms with van der Waals surface area (Å²) in [5.41, 5.74) is 0. The highest BCUT2D eigenvalue weighted by molar-refractivity contribution is 7.77. The first-order valence-electron chi connectivity index (χ1n) is 3.49. The highest BCUT2D eigenvalue weighted by Crippen LogP contribution is 1.98. The summed E-state index contributed by atoms with van der Waals surface area (Å²) in [4.78, 5) is 10.4. The third kappa shape index (κ3) is 7.71. The van der Waals surface area contributed by atoms with Gasteiger partial charge in [-0.3, -0.25) is 0 Å². The molecule has 0 radical (unpaired) electrons. The molecule has 0 heterocycles. The lowest BCUT2D eigenvalue weighted by atomic mass is 10.2. The number of quaternary nitrogens is 1. The van der Waals surface area contributed by atoms with E-state index in [1.807, 2.05) is 21.1 Å². The predicted octanol–water partition coefficient (Wildman–Crippen LogP) is -0.483. The molecule has 3 nitrogen and oxygen atoms in total. The molecule has 0 aliphatic heterocycles. The Kier molecular flexibility index (Phi) is 3.92. The van der Waals surface area contributed by atoms with Gasteiger partial charge in [-0.05, 0) is 0 Å². The van der Waals surface area contributed by atoms with Crippen molar-refractivity contribution in [3.8, 4) is 0 Å². The molecule has 0 saturated heterocycles. The summed E-state index contributed by atoms with van der Waals surface area (Å²) in [6, 6.07) is 0. The highest BCUT2D eigenvalue weighted by Gasteiger charge is 2.14. The minimum Gasteiger partial charge on any atom is -0.742 e. The number of hydrogen-bond acceptors (Lipinski definition) is 3. The SMILES string of the molecule is C[N+](C)(C)C[C@H](O)CC(=O)[S-]. The van der Waals surface area contributed by atoms with Crippen molar-refractivity contribution in [2.45, 2.75) is 12.5 Å². The number of rotatable bonds is 4. The van der Waals surface area contributed by atoms with Crippen molar-refractivity contribution in [2.24, 2.45) is 0 Å². The first kappa shape index (κ1) is 10.8. The molecule has 66 valence electrons. The van der Waals surface area contributed by atoms with E-state index in [4.69, 9.17) is 0 Å². The van der Waals surface area contributed by atoms with Crippen LogP contribution in [0.4, 0.5) is 0 Å². The molecule has 0 saturated carbocycles. The van der Waals surface area contributed by atoms with Crippen LogP contribution in [0.25, 0.3) is 0 Å². The summed E-state index contributed by atoms with van der Waals surface area (Å²) in [6.07, 6.45) is -0.509. The molecule has 0 aliphatic carbocycles. The molecule has 0 unspecified atom stereocenters.